The fraction of sp³-hybridized carbons (Fsp3) is 0.375. The lowest BCUT2D eigenvalue weighted by molar-refractivity contribution is -0.137. The standard InChI is InChI=1S/C16H19N3O2/c1-12-14-10-18(9-13-5-3-2-4-6-13)8-7-15(14)19(17-12)11-16(20)21/h2-6H,7-11H2,1H3,(H,20,21). The summed E-state index contributed by atoms with van der Waals surface area (Å²) in [5.41, 5.74) is 4.53. The molecule has 2 aromatic rings. The lowest BCUT2D eigenvalue weighted by atomic mass is 10.0. The average Bonchev–Trinajstić information content (AvgIpc) is 2.75. The fourth-order valence-electron chi connectivity index (χ4n) is 2.95. The van der Waals surface area contributed by atoms with Crippen molar-refractivity contribution in [3.05, 3.63) is 52.8 Å². The molecule has 0 fully saturated rings. The maximum absolute atomic E-state index is 10.9. The van der Waals surface area contributed by atoms with Crippen molar-refractivity contribution in [1.82, 2.24) is 14.7 Å². The number of hydrogen-bond donors (Lipinski definition) is 1. The second kappa shape index (κ2) is 5.69. The van der Waals surface area contributed by atoms with Gasteiger partial charge in [-0.2, -0.15) is 5.10 Å². The molecule has 1 aliphatic heterocycles. The van der Waals surface area contributed by atoms with Crippen molar-refractivity contribution >= 4 is 5.97 Å². The number of nitrogens with zero attached hydrogens (tertiary/aromatic N) is 3. The van der Waals surface area contributed by atoms with E-state index in [1.807, 2.05) is 13.0 Å². The molecular weight excluding hydrogens is 266 g/mol. The fourth-order valence-corrected chi connectivity index (χ4v) is 2.95. The summed E-state index contributed by atoms with van der Waals surface area (Å²) >= 11 is 0. The molecule has 3 rings (SSSR count). The highest BCUT2D eigenvalue weighted by atomic mass is 16.4. The van der Waals surface area contributed by atoms with Gasteiger partial charge in [0.25, 0.3) is 0 Å². The molecule has 21 heavy (non-hydrogen) atoms. The maximum atomic E-state index is 10.9. The van der Waals surface area contributed by atoms with Crippen molar-refractivity contribution in [3.8, 4) is 0 Å². The first kappa shape index (κ1) is 13.8. The second-order valence-electron chi connectivity index (χ2n) is 5.51. The van der Waals surface area contributed by atoms with Gasteiger partial charge < -0.3 is 5.11 Å². The molecule has 0 saturated heterocycles. The Bertz CT molecular complexity index is 649. The summed E-state index contributed by atoms with van der Waals surface area (Å²) in [5.74, 6) is -0.841. The van der Waals surface area contributed by atoms with Gasteiger partial charge in [0.15, 0.2) is 0 Å². The van der Waals surface area contributed by atoms with Crippen molar-refractivity contribution < 1.29 is 9.90 Å². The summed E-state index contributed by atoms with van der Waals surface area (Å²) in [4.78, 5) is 13.3. The first-order valence-electron chi connectivity index (χ1n) is 7.16. The van der Waals surface area contributed by atoms with Gasteiger partial charge in [-0.25, -0.2) is 0 Å². The molecule has 0 spiro atoms. The van der Waals surface area contributed by atoms with E-state index in [4.69, 9.17) is 5.11 Å². The number of carbonyl (C=O) groups is 1. The smallest absolute Gasteiger partial charge is 0.325 e. The van der Waals surface area contributed by atoms with Crippen LogP contribution in [0.2, 0.25) is 0 Å². The number of rotatable bonds is 4. The molecule has 1 N–H and O–H groups in total. The highest BCUT2D eigenvalue weighted by molar-refractivity contribution is 5.66. The molecule has 1 aromatic heterocycles. The van der Waals surface area contributed by atoms with Crippen LogP contribution < -0.4 is 0 Å². The minimum Gasteiger partial charge on any atom is -0.480 e. The van der Waals surface area contributed by atoms with Gasteiger partial charge >= 0.3 is 5.97 Å². The van der Waals surface area contributed by atoms with Crippen molar-refractivity contribution in [2.75, 3.05) is 6.54 Å². The number of aryl methyl sites for hydroxylation is 1. The van der Waals surface area contributed by atoms with Crippen LogP contribution in [0, 0.1) is 6.92 Å². The quantitative estimate of drug-likeness (QED) is 0.931. The number of carboxylic acid groups (broad SMARTS) is 1. The third-order valence-electron chi connectivity index (χ3n) is 3.95. The molecule has 2 heterocycles. The highest BCUT2D eigenvalue weighted by Crippen LogP contribution is 2.23. The van der Waals surface area contributed by atoms with E-state index < -0.39 is 5.97 Å². The zero-order valence-electron chi connectivity index (χ0n) is 12.1. The molecule has 5 nitrogen and oxygen atoms in total. The van der Waals surface area contributed by atoms with Gasteiger partial charge in [-0.1, -0.05) is 30.3 Å². The molecule has 0 amide bonds. The topological polar surface area (TPSA) is 58.4 Å². The average molecular weight is 285 g/mol. The van der Waals surface area contributed by atoms with Crippen LogP contribution >= 0.6 is 0 Å². The summed E-state index contributed by atoms with van der Waals surface area (Å²) in [6.07, 6.45) is 0.857. The SMILES string of the molecule is Cc1nn(CC(=O)O)c2c1CN(Cc1ccccc1)CC2. The number of fused-ring (bicyclic) bond motifs is 1. The van der Waals surface area contributed by atoms with Gasteiger partial charge in [-0.15, -0.1) is 0 Å². The normalized spacial score (nSPS) is 14.9. The summed E-state index contributed by atoms with van der Waals surface area (Å²) < 4.78 is 1.65. The van der Waals surface area contributed by atoms with Crippen molar-refractivity contribution in [3.63, 3.8) is 0 Å². The molecule has 1 aromatic carbocycles. The Labute approximate surface area is 123 Å². The second-order valence-corrected chi connectivity index (χ2v) is 5.51. The summed E-state index contributed by atoms with van der Waals surface area (Å²) in [6, 6.07) is 10.4. The van der Waals surface area contributed by atoms with Crippen LogP contribution in [0.25, 0.3) is 0 Å². The van der Waals surface area contributed by atoms with Crippen LogP contribution in [-0.2, 0) is 30.8 Å². The van der Waals surface area contributed by atoms with E-state index in [1.54, 1.807) is 4.68 Å². The number of carboxylic acids is 1. The van der Waals surface area contributed by atoms with Gasteiger partial charge in [0.05, 0.1) is 5.69 Å². The van der Waals surface area contributed by atoms with Crippen LogP contribution in [0.3, 0.4) is 0 Å². The molecule has 1 aliphatic rings. The third kappa shape index (κ3) is 2.97. The van der Waals surface area contributed by atoms with Crippen LogP contribution in [0.4, 0.5) is 0 Å². The molecule has 0 bridgehead atoms. The van der Waals surface area contributed by atoms with E-state index in [9.17, 15) is 4.79 Å². The summed E-state index contributed by atoms with van der Waals surface area (Å²) in [6.45, 7) is 4.62. The highest BCUT2D eigenvalue weighted by Gasteiger charge is 2.23. The Balaban J connectivity index is 1.76. The predicted octanol–water partition coefficient (Wildman–Crippen LogP) is 1.83. The zero-order valence-corrected chi connectivity index (χ0v) is 12.1. The number of benzene rings is 1. The molecule has 0 aliphatic carbocycles. The van der Waals surface area contributed by atoms with Crippen LogP contribution in [0.1, 0.15) is 22.5 Å². The van der Waals surface area contributed by atoms with Gasteiger partial charge in [-0.05, 0) is 12.5 Å². The maximum Gasteiger partial charge on any atom is 0.325 e. The molecule has 110 valence electrons. The monoisotopic (exact) mass is 285 g/mol. The van der Waals surface area contributed by atoms with Crippen molar-refractivity contribution in [2.24, 2.45) is 0 Å². The Morgan fingerprint density at radius 3 is 2.81 bits per heavy atom. The van der Waals surface area contributed by atoms with Gasteiger partial charge in [-0.3, -0.25) is 14.4 Å². The molecule has 0 saturated carbocycles. The van der Waals surface area contributed by atoms with E-state index in [1.165, 1.54) is 11.1 Å². The lowest BCUT2D eigenvalue weighted by Gasteiger charge is -2.27. The summed E-state index contributed by atoms with van der Waals surface area (Å²) in [7, 11) is 0. The zero-order chi connectivity index (χ0) is 14.8. The Kier molecular flexibility index (Phi) is 3.75. The van der Waals surface area contributed by atoms with Crippen LogP contribution in [-0.4, -0.2) is 32.3 Å². The van der Waals surface area contributed by atoms with E-state index in [2.05, 4.69) is 34.3 Å². The van der Waals surface area contributed by atoms with E-state index in [0.29, 0.717) is 0 Å². The molecule has 5 heteroatoms. The molecule has 0 radical (unpaired) electrons. The minimum absolute atomic E-state index is 0.0468. The molecule has 0 atom stereocenters. The van der Waals surface area contributed by atoms with Gasteiger partial charge in [0.1, 0.15) is 6.54 Å². The number of aromatic nitrogens is 2. The van der Waals surface area contributed by atoms with E-state index >= 15 is 0 Å². The minimum atomic E-state index is -0.841. The molecular formula is C16H19N3O2. The Hall–Kier alpha value is -2.14. The van der Waals surface area contributed by atoms with Gasteiger partial charge in [0, 0.05) is 37.3 Å². The Morgan fingerprint density at radius 1 is 1.33 bits per heavy atom. The first-order chi connectivity index (χ1) is 10.1. The number of aliphatic carboxylic acids is 1. The van der Waals surface area contributed by atoms with Gasteiger partial charge in [0.2, 0.25) is 0 Å². The van der Waals surface area contributed by atoms with E-state index in [0.717, 1.165) is 37.4 Å². The number of hydrogen-bond acceptors (Lipinski definition) is 3. The van der Waals surface area contributed by atoms with Crippen molar-refractivity contribution in [2.45, 2.75) is 33.0 Å². The van der Waals surface area contributed by atoms with Crippen LogP contribution in [0.15, 0.2) is 30.3 Å². The van der Waals surface area contributed by atoms with E-state index in [-0.39, 0.29) is 6.54 Å². The summed E-state index contributed by atoms with van der Waals surface area (Å²) in [5, 5.41) is 13.3. The molecule has 0 unspecified atom stereocenters. The largest absolute Gasteiger partial charge is 0.480 e. The van der Waals surface area contributed by atoms with Crippen LogP contribution in [0.5, 0.6) is 0 Å². The lowest BCUT2D eigenvalue weighted by Crippen LogP contribution is -2.31. The third-order valence-corrected chi connectivity index (χ3v) is 3.95. The first-order valence-corrected chi connectivity index (χ1v) is 7.16. The van der Waals surface area contributed by atoms with Crippen molar-refractivity contribution in [1.29, 1.82) is 0 Å². The Morgan fingerprint density at radius 2 is 2.10 bits per heavy atom. The predicted molar refractivity (Wildman–Crippen MR) is 78.9 cm³/mol.